The van der Waals surface area contributed by atoms with E-state index in [1.165, 1.54) is 0 Å². The first-order valence-electron chi connectivity index (χ1n) is 9.41. The van der Waals surface area contributed by atoms with Gasteiger partial charge in [-0.1, -0.05) is 78.9 Å². The summed E-state index contributed by atoms with van der Waals surface area (Å²) in [6.07, 6.45) is 4.98. The predicted octanol–water partition coefficient (Wildman–Crippen LogP) is 4.87. The van der Waals surface area contributed by atoms with Gasteiger partial charge in [0.2, 0.25) is 0 Å². The fourth-order valence-electron chi connectivity index (χ4n) is 3.68. The van der Waals surface area contributed by atoms with Crippen molar-refractivity contribution >= 4 is 22.9 Å². The summed E-state index contributed by atoms with van der Waals surface area (Å²) in [5.74, 6) is -2.26. The maximum Gasteiger partial charge on any atom is 0.315 e. The van der Waals surface area contributed by atoms with Gasteiger partial charge in [-0.25, -0.2) is 0 Å². The molecule has 2 unspecified atom stereocenters. The van der Waals surface area contributed by atoms with Crippen LogP contribution in [0.1, 0.15) is 5.56 Å². The normalized spacial score (nSPS) is 20.7. The molecule has 2 atom stereocenters. The summed E-state index contributed by atoms with van der Waals surface area (Å²) in [6.45, 7) is 0. The number of anilines is 2. The average molecular weight is 383 g/mol. The molecule has 0 saturated carbocycles. The number of para-hydroxylation sites is 2. The van der Waals surface area contributed by atoms with Crippen molar-refractivity contribution in [1.82, 2.24) is 0 Å². The molecule has 0 fully saturated rings. The Labute approximate surface area is 169 Å². The molecule has 0 heterocycles. The van der Waals surface area contributed by atoms with Crippen molar-refractivity contribution in [3.05, 3.63) is 115 Å². The average Bonchev–Trinajstić information content (AvgIpc) is 2.76. The number of allylic oxidation sites excluding steroid dienone is 2. The van der Waals surface area contributed by atoms with Gasteiger partial charge in [0, 0.05) is 11.4 Å². The van der Waals surface area contributed by atoms with Crippen molar-refractivity contribution in [3.8, 4) is 0 Å². The lowest BCUT2D eigenvalue weighted by atomic mass is 9.84. The summed E-state index contributed by atoms with van der Waals surface area (Å²) in [7, 11) is 0. The molecule has 2 N–H and O–H groups in total. The molecule has 4 rings (SSSR count). The van der Waals surface area contributed by atoms with Crippen LogP contribution in [0.25, 0.3) is 5.57 Å². The van der Waals surface area contributed by atoms with E-state index in [2.05, 4.69) is 0 Å². The van der Waals surface area contributed by atoms with Crippen LogP contribution in [0, 0.1) is 5.92 Å². The first-order valence-corrected chi connectivity index (χ1v) is 9.41. The maximum atomic E-state index is 12.2. The number of carboxylic acids is 1. The summed E-state index contributed by atoms with van der Waals surface area (Å²) >= 11 is 0. The van der Waals surface area contributed by atoms with Gasteiger partial charge in [0.1, 0.15) is 5.92 Å². The monoisotopic (exact) mass is 383 g/mol. The van der Waals surface area contributed by atoms with Crippen LogP contribution in [-0.4, -0.2) is 21.9 Å². The van der Waals surface area contributed by atoms with Crippen LogP contribution in [0.4, 0.5) is 11.4 Å². The Morgan fingerprint density at radius 3 is 1.76 bits per heavy atom. The van der Waals surface area contributed by atoms with Crippen molar-refractivity contribution in [2.45, 2.75) is 5.72 Å². The standard InChI is InChI=1S/C25H21NO3/c27-24(28)23-18-20(19-10-4-1-5-11-19)16-17-25(23,29)26(21-12-6-2-7-13-21)22-14-8-3-9-15-22/h1-18,23,29H,(H,27,28). The number of hydrogen-bond acceptors (Lipinski definition) is 3. The molecule has 3 aromatic rings. The quantitative estimate of drug-likeness (QED) is 0.617. The zero-order valence-corrected chi connectivity index (χ0v) is 15.7. The van der Waals surface area contributed by atoms with E-state index in [-0.39, 0.29) is 0 Å². The smallest absolute Gasteiger partial charge is 0.315 e. The molecule has 0 aromatic heterocycles. The third-order valence-corrected chi connectivity index (χ3v) is 5.07. The van der Waals surface area contributed by atoms with Crippen LogP contribution < -0.4 is 4.90 Å². The van der Waals surface area contributed by atoms with Gasteiger partial charge >= 0.3 is 5.97 Å². The van der Waals surface area contributed by atoms with Crippen molar-refractivity contribution in [2.75, 3.05) is 4.90 Å². The van der Waals surface area contributed by atoms with Crippen molar-refractivity contribution < 1.29 is 15.0 Å². The van der Waals surface area contributed by atoms with Crippen LogP contribution in [0.15, 0.2) is 109 Å². The highest BCUT2D eigenvalue weighted by atomic mass is 16.4. The Hall–Kier alpha value is -3.63. The molecule has 1 aliphatic carbocycles. The molecule has 4 heteroatoms. The van der Waals surface area contributed by atoms with E-state index >= 15 is 0 Å². The second kappa shape index (κ2) is 7.78. The van der Waals surface area contributed by atoms with Crippen LogP contribution in [0.3, 0.4) is 0 Å². The minimum absolute atomic E-state index is 0.702. The Kier molecular flexibility index (Phi) is 5.02. The van der Waals surface area contributed by atoms with E-state index in [0.29, 0.717) is 11.4 Å². The van der Waals surface area contributed by atoms with E-state index in [1.54, 1.807) is 23.1 Å². The number of benzene rings is 3. The Morgan fingerprint density at radius 1 is 0.793 bits per heavy atom. The van der Waals surface area contributed by atoms with Gasteiger partial charge < -0.3 is 15.1 Å². The SMILES string of the molecule is O=C(O)C1C=C(c2ccccc2)C=CC1(O)N(c1ccccc1)c1ccccc1. The lowest BCUT2D eigenvalue weighted by Crippen LogP contribution is -2.53. The van der Waals surface area contributed by atoms with Gasteiger partial charge in [-0.05, 0) is 41.5 Å². The molecule has 0 radical (unpaired) electrons. The predicted molar refractivity (Wildman–Crippen MR) is 115 cm³/mol. The lowest BCUT2D eigenvalue weighted by molar-refractivity contribution is -0.145. The lowest BCUT2D eigenvalue weighted by Gasteiger charge is -2.43. The van der Waals surface area contributed by atoms with Gasteiger partial charge in [0.25, 0.3) is 0 Å². The Balaban J connectivity index is 1.85. The van der Waals surface area contributed by atoms with E-state index in [1.807, 2.05) is 91.0 Å². The molecule has 0 bridgehead atoms. The number of carbonyl (C=O) groups is 1. The number of aliphatic hydroxyl groups is 1. The van der Waals surface area contributed by atoms with Gasteiger partial charge in [-0.3, -0.25) is 4.79 Å². The molecule has 144 valence electrons. The molecular formula is C25H21NO3. The number of hydrogen-bond donors (Lipinski definition) is 2. The summed E-state index contributed by atoms with van der Waals surface area (Å²) in [5, 5.41) is 21.8. The molecule has 0 spiro atoms. The highest BCUT2D eigenvalue weighted by Crippen LogP contribution is 2.41. The molecule has 1 aliphatic rings. The van der Waals surface area contributed by atoms with Gasteiger partial charge in [0.15, 0.2) is 5.72 Å². The third kappa shape index (κ3) is 3.58. The summed E-state index contributed by atoms with van der Waals surface area (Å²) < 4.78 is 0. The fourth-order valence-corrected chi connectivity index (χ4v) is 3.68. The maximum absolute atomic E-state index is 12.2. The molecule has 3 aromatic carbocycles. The Bertz CT molecular complexity index is 1010. The molecule has 0 amide bonds. The van der Waals surface area contributed by atoms with Crippen molar-refractivity contribution in [1.29, 1.82) is 0 Å². The Morgan fingerprint density at radius 2 is 1.28 bits per heavy atom. The highest BCUT2D eigenvalue weighted by molar-refractivity contribution is 5.86. The van der Waals surface area contributed by atoms with E-state index in [0.717, 1.165) is 11.1 Å². The zero-order valence-electron chi connectivity index (χ0n) is 15.7. The molecule has 29 heavy (non-hydrogen) atoms. The number of nitrogens with zero attached hydrogens (tertiary/aromatic N) is 1. The van der Waals surface area contributed by atoms with Crippen LogP contribution in [0.5, 0.6) is 0 Å². The molecule has 0 saturated heterocycles. The van der Waals surface area contributed by atoms with Gasteiger partial charge in [-0.15, -0.1) is 0 Å². The molecule has 4 nitrogen and oxygen atoms in total. The summed E-state index contributed by atoms with van der Waals surface area (Å²) in [5.41, 5.74) is 1.31. The van der Waals surface area contributed by atoms with Gasteiger partial charge in [0.05, 0.1) is 0 Å². The van der Waals surface area contributed by atoms with Crippen molar-refractivity contribution in [3.63, 3.8) is 0 Å². The van der Waals surface area contributed by atoms with E-state index < -0.39 is 17.6 Å². The summed E-state index contributed by atoms with van der Waals surface area (Å²) in [4.78, 5) is 13.9. The first-order chi connectivity index (χ1) is 14.1. The molecule has 0 aliphatic heterocycles. The van der Waals surface area contributed by atoms with Crippen LogP contribution in [-0.2, 0) is 4.79 Å². The highest BCUT2D eigenvalue weighted by Gasteiger charge is 2.46. The fraction of sp³-hybridized carbons (Fsp3) is 0.0800. The van der Waals surface area contributed by atoms with Crippen molar-refractivity contribution in [2.24, 2.45) is 5.92 Å². The third-order valence-electron chi connectivity index (χ3n) is 5.07. The minimum Gasteiger partial charge on any atom is -0.481 e. The second-order valence-corrected chi connectivity index (χ2v) is 6.93. The zero-order chi connectivity index (χ0) is 20.3. The van der Waals surface area contributed by atoms with Crippen LogP contribution in [0.2, 0.25) is 0 Å². The largest absolute Gasteiger partial charge is 0.481 e. The minimum atomic E-state index is -1.77. The number of rotatable bonds is 5. The second-order valence-electron chi connectivity index (χ2n) is 6.93. The van der Waals surface area contributed by atoms with Crippen LogP contribution >= 0.6 is 0 Å². The number of carboxylic acid groups (broad SMARTS) is 1. The van der Waals surface area contributed by atoms with E-state index in [4.69, 9.17) is 0 Å². The summed E-state index contributed by atoms with van der Waals surface area (Å²) in [6, 6.07) is 28.2. The first kappa shape index (κ1) is 18.7. The topological polar surface area (TPSA) is 60.8 Å². The van der Waals surface area contributed by atoms with Gasteiger partial charge in [-0.2, -0.15) is 0 Å². The number of aliphatic carboxylic acids is 1. The van der Waals surface area contributed by atoms with E-state index in [9.17, 15) is 15.0 Å². The molecular weight excluding hydrogens is 362 g/mol.